The van der Waals surface area contributed by atoms with Crippen molar-refractivity contribution in [1.29, 1.82) is 0 Å². The number of hydrogen-bond donors (Lipinski definition) is 2. The summed E-state index contributed by atoms with van der Waals surface area (Å²) in [4.78, 5) is 55.5. The van der Waals surface area contributed by atoms with Gasteiger partial charge in [-0.3, -0.25) is 18.9 Å². The van der Waals surface area contributed by atoms with Crippen LogP contribution >= 0.6 is 0 Å². The molecular weight excluding hydrogens is 787 g/mol. The number of allylic oxidation sites excluding steroid dienone is 6. The molecule has 15 heteroatoms. The van der Waals surface area contributed by atoms with E-state index >= 15 is 0 Å². The number of benzene rings is 1. The number of nitrogens with zero attached hydrogens (tertiary/aromatic N) is 5. The lowest BCUT2D eigenvalue weighted by Gasteiger charge is -2.28. The highest BCUT2D eigenvalue weighted by atomic mass is 32.2. The second-order valence-corrected chi connectivity index (χ2v) is 16.9. The summed E-state index contributed by atoms with van der Waals surface area (Å²) < 4.78 is 39.0. The van der Waals surface area contributed by atoms with Crippen molar-refractivity contribution in [2.24, 2.45) is 0 Å². The number of imide groups is 1. The van der Waals surface area contributed by atoms with Crippen LogP contribution in [-0.2, 0) is 40.7 Å². The third kappa shape index (κ3) is 11.4. The summed E-state index contributed by atoms with van der Waals surface area (Å²) in [5, 5.41) is 9.48. The number of aliphatic carboxylic acids is 1. The number of carbonyl (C=O) groups excluding carboxylic acids is 3. The topological polar surface area (TPSA) is 170 Å². The monoisotopic (exact) mass is 839 g/mol. The maximum atomic E-state index is 12.4. The molecule has 2 N–H and O–H groups in total. The number of amides is 2. The summed E-state index contributed by atoms with van der Waals surface area (Å²) in [6, 6.07) is 12.9. The second kappa shape index (κ2) is 19.9. The van der Waals surface area contributed by atoms with Gasteiger partial charge in [-0.2, -0.15) is 13.0 Å². The van der Waals surface area contributed by atoms with E-state index in [4.69, 9.17) is 9.94 Å². The SMILES string of the molecule is CN(C)c1cc[n+](C2=C(/C=C3\C=CN(CCCCCC(=O)ON4C(=O)CCC4=O)c4ccc(S(=O)(=O)O)cc43)CCC/C2=C\c2cc[n+](CCCCCC(=O)O)cc2)cc1. The Labute approximate surface area is 351 Å². The fraction of sp³-hybridized carbons (Fsp3) is 0.378. The molecule has 1 aromatic carbocycles. The van der Waals surface area contributed by atoms with E-state index in [2.05, 4.69) is 70.3 Å². The molecule has 6 rings (SSSR count). The van der Waals surface area contributed by atoms with Gasteiger partial charge in [-0.15, -0.1) is 5.06 Å². The molecule has 4 heterocycles. The minimum atomic E-state index is -4.49. The van der Waals surface area contributed by atoms with Crippen LogP contribution in [0.3, 0.4) is 0 Å². The highest BCUT2D eigenvalue weighted by Gasteiger charge is 2.33. The molecule has 14 nitrogen and oxygen atoms in total. The van der Waals surface area contributed by atoms with E-state index in [9.17, 15) is 32.1 Å². The van der Waals surface area contributed by atoms with Crippen LogP contribution in [0.2, 0.25) is 0 Å². The third-order valence-electron chi connectivity index (χ3n) is 10.8. The molecule has 2 aliphatic heterocycles. The quantitative estimate of drug-likeness (QED) is 0.0640. The van der Waals surface area contributed by atoms with Crippen molar-refractivity contribution in [3.8, 4) is 0 Å². The maximum absolute atomic E-state index is 12.4. The lowest BCUT2D eigenvalue weighted by atomic mass is 9.87. The average Bonchev–Trinajstić information content (AvgIpc) is 3.53. The zero-order valence-corrected chi connectivity index (χ0v) is 35.0. The number of rotatable bonds is 18. The predicted molar refractivity (Wildman–Crippen MR) is 225 cm³/mol. The van der Waals surface area contributed by atoms with Crippen molar-refractivity contribution in [3.63, 3.8) is 0 Å². The molecule has 1 aliphatic carbocycles. The number of fused-ring (bicyclic) bond motifs is 1. The molecule has 0 spiro atoms. The Balaban J connectivity index is 1.26. The lowest BCUT2D eigenvalue weighted by molar-refractivity contribution is -0.697. The first-order valence-electron chi connectivity index (χ1n) is 20.5. The maximum Gasteiger partial charge on any atom is 0.333 e. The number of aromatic nitrogens is 2. The first-order chi connectivity index (χ1) is 28.8. The highest BCUT2D eigenvalue weighted by molar-refractivity contribution is 7.85. The van der Waals surface area contributed by atoms with Crippen molar-refractivity contribution in [1.82, 2.24) is 5.06 Å². The van der Waals surface area contributed by atoms with Gasteiger partial charge in [-0.05, 0) is 92.5 Å². The Hall–Kier alpha value is -5.93. The minimum absolute atomic E-state index is 0.0388. The predicted octanol–water partition coefficient (Wildman–Crippen LogP) is 6.28. The van der Waals surface area contributed by atoms with Crippen LogP contribution in [0.4, 0.5) is 11.4 Å². The first-order valence-corrected chi connectivity index (χ1v) is 21.9. The van der Waals surface area contributed by atoms with Crippen LogP contribution in [0.15, 0.2) is 102 Å². The molecule has 2 amide bonds. The fourth-order valence-electron chi connectivity index (χ4n) is 7.59. The Kier molecular flexibility index (Phi) is 14.5. The Bertz CT molecular complexity index is 2320. The Morgan fingerprint density at radius 2 is 1.55 bits per heavy atom. The van der Waals surface area contributed by atoms with E-state index in [1.165, 1.54) is 12.1 Å². The Morgan fingerprint density at radius 3 is 2.23 bits per heavy atom. The van der Waals surface area contributed by atoms with E-state index in [1.54, 1.807) is 6.07 Å². The number of carboxylic acids is 1. The summed E-state index contributed by atoms with van der Waals surface area (Å²) in [6.45, 7) is 1.37. The van der Waals surface area contributed by atoms with Gasteiger partial charge in [0.15, 0.2) is 24.8 Å². The van der Waals surface area contributed by atoms with E-state index in [0.29, 0.717) is 42.9 Å². The van der Waals surface area contributed by atoms with Gasteiger partial charge in [0.1, 0.15) is 6.54 Å². The zero-order valence-electron chi connectivity index (χ0n) is 34.2. The van der Waals surface area contributed by atoms with Crippen LogP contribution in [0.1, 0.15) is 94.6 Å². The first kappa shape index (κ1) is 43.6. The molecule has 2 aromatic heterocycles. The van der Waals surface area contributed by atoms with Gasteiger partial charge >= 0.3 is 11.9 Å². The van der Waals surface area contributed by atoms with Crippen LogP contribution < -0.4 is 18.9 Å². The van der Waals surface area contributed by atoms with Crippen LogP contribution in [0, 0.1) is 0 Å². The molecule has 0 bridgehead atoms. The van der Waals surface area contributed by atoms with Crippen molar-refractivity contribution in [2.45, 2.75) is 94.9 Å². The number of carboxylic acid groups (broad SMARTS) is 1. The van der Waals surface area contributed by atoms with Crippen LogP contribution in [0.5, 0.6) is 0 Å². The Morgan fingerprint density at radius 1 is 0.850 bits per heavy atom. The smallest absolute Gasteiger partial charge is 0.333 e. The van der Waals surface area contributed by atoms with Gasteiger partial charge in [-0.25, -0.2) is 9.36 Å². The number of anilines is 2. The summed E-state index contributed by atoms with van der Waals surface area (Å²) >= 11 is 0. The number of aryl methyl sites for hydroxylation is 1. The molecule has 1 fully saturated rings. The summed E-state index contributed by atoms with van der Waals surface area (Å²) in [5.41, 5.74) is 7.59. The highest BCUT2D eigenvalue weighted by Crippen LogP contribution is 2.39. The summed E-state index contributed by atoms with van der Waals surface area (Å²) in [5.74, 6) is -2.42. The van der Waals surface area contributed by atoms with Crippen molar-refractivity contribution in [2.75, 3.05) is 30.4 Å². The second-order valence-electron chi connectivity index (χ2n) is 15.4. The number of pyridine rings is 2. The van der Waals surface area contributed by atoms with Gasteiger partial charge in [0.25, 0.3) is 21.9 Å². The van der Waals surface area contributed by atoms with E-state index in [-0.39, 0.29) is 30.6 Å². The molecule has 60 heavy (non-hydrogen) atoms. The van der Waals surface area contributed by atoms with Crippen molar-refractivity contribution >= 4 is 62.6 Å². The van der Waals surface area contributed by atoms with Crippen molar-refractivity contribution in [3.05, 3.63) is 108 Å². The molecule has 3 aromatic rings. The normalized spacial score (nSPS) is 16.9. The minimum Gasteiger partial charge on any atom is -0.481 e. The zero-order chi connectivity index (χ0) is 42.8. The van der Waals surface area contributed by atoms with Crippen molar-refractivity contribution < 1.29 is 51.2 Å². The molecule has 3 aliphatic rings. The number of hydroxylamine groups is 2. The van der Waals surface area contributed by atoms with E-state index in [1.807, 2.05) is 36.2 Å². The number of carbonyl (C=O) groups is 4. The van der Waals surface area contributed by atoms with E-state index < -0.39 is 33.9 Å². The average molecular weight is 840 g/mol. The molecule has 0 saturated carbocycles. The van der Waals surface area contributed by atoms with Gasteiger partial charge in [0.2, 0.25) is 5.70 Å². The number of unbranched alkanes of at least 4 members (excludes halogenated alkanes) is 4. The van der Waals surface area contributed by atoms with Crippen LogP contribution in [0.25, 0.3) is 17.3 Å². The molecule has 316 valence electrons. The lowest BCUT2D eigenvalue weighted by Crippen LogP contribution is -2.35. The van der Waals surface area contributed by atoms with Crippen LogP contribution in [-0.4, -0.2) is 67.5 Å². The summed E-state index contributed by atoms with van der Waals surface area (Å²) in [6.07, 6.45) is 23.6. The molecule has 0 radical (unpaired) electrons. The fourth-order valence-corrected chi connectivity index (χ4v) is 8.10. The molecular formula is C45H53N5O9S+2. The third-order valence-corrected chi connectivity index (χ3v) is 11.6. The molecule has 0 atom stereocenters. The summed E-state index contributed by atoms with van der Waals surface area (Å²) in [7, 11) is -0.501. The molecule has 0 unspecified atom stereocenters. The van der Waals surface area contributed by atoms with Gasteiger partial charge < -0.3 is 19.7 Å². The van der Waals surface area contributed by atoms with Gasteiger partial charge in [0, 0.05) is 111 Å². The largest absolute Gasteiger partial charge is 0.481 e. The molecule has 1 saturated heterocycles. The van der Waals surface area contributed by atoms with E-state index in [0.717, 1.165) is 78.0 Å². The number of hydrogen-bond acceptors (Lipinski definition) is 9. The van der Waals surface area contributed by atoms with Gasteiger partial charge in [-0.1, -0.05) is 6.42 Å². The van der Waals surface area contributed by atoms with Gasteiger partial charge in [0.05, 0.1) is 4.90 Å². The standard InChI is InChI=1S/C45H51N5O9S/c1-46(2)37-21-28-49(29-22-37)45-35(30-33-18-25-47(26-19-33)23-7-3-5-12-43(53)54)10-9-11-36(45)31-34-20-27-48(40-15-14-38(32-39(34)40)60(56,57)58)24-8-4-6-13-44(55)59-50-41(51)16-17-42(50)52/h14-15,18-22,25-32H,3-13,16-17,23-24H2,1-2H3/p+2.